The summed E-state index contributed by atoms with van der Waals surface area (Å²) in [5.41, 5.74) is 6.92. The molecule has 1 nitrogen and oxygen atoms in total. The molecule has 13 heavy (non-hydrogen) atoms. The molecule has 0 spiro atoms. The number of benzene rings is 1. The van der Waals surface area contributed by atoms with Gasteiger partial charge in [0, 0.05) is 17.8 Å². The second kappa shape index (κ2) is 2.91. The monoisotopic (exact) mass is 173 g/mol. The fourth-order valence-electron chi connectivity index (χ4n) is 1.89. The van der Waals surface area contributed by atoms with Crippen molar-refractivity contribution in [2.45, 2.75) is 20.8 Å². The Hall–Kier alpha value is -1.24. The summed E-state index contributed by atoms with van der Waals surface area (Å²) >= 11 is 0. The second-order valence-electron chi connectivity index (χ2n) is 3.76. The minimum absolute atomic E-state index is 0.988. The lowest BCUT2D eigenvalue weighted by Crippen LogP contribution is -2.12. The van der Waals surface area contributed by atoms with Gasteiger partial charge in [-0.1, -0.05) is 17.7 Å². The minimum atomic E-state index is 0.988. The van der Waals surface area contributed by atoms with E-state index in [1.807, 2.05) is 0 Å². The molecule has 0 aromatic heterocycles. The van der Waals surface area contributed by atoms with Crippen LogP contribution < -0.4 is 5.32 Å². The molecule has 1 heterocycles. The fourth-order valence-corrected chi connectivity index (χ4v) is 1.89. The largest absolute Gasteiger partial charge is 0.381 e. The van der Waals surface area contributed by atoms with Crippen LogP contribution in [0.15, 0.2) is 23.8 Å². The third-order valence-electron chi connectivity index (χ3n) is 2.83. The number of hydrogen-bond donors (Lipinski definition) is 1. The molecule has 0 unspecified atom stereocenters. The molecule has 1 N–H and O–H groups in total. The Labute approximate surface area is 79.5 Å². The van der Waals surface area contributed by atoms with Gasteiger partial charge in [0.25, 0.3) is 0 Å². The molecule has 0 atom stereocenters. The van der Waals surface area contributed by atoms with E-state index in [0.29, 0.717) is 0 Å². The quantitative estimate of drug-likeness (QED) is 0.635. The topological polar surface area (TPSA) is 12.0 Å². The number of anilines is 1. The molecule has 0 saturated carbocycles. The normalized spacial score (nSPS) is 15.3. The van der Waals surface area contributed by atoms with Crippen LogP contribution in [0.3, 0.4) is 0 Å². The zero-order valence-electron chi connectivity index (χ0n) is 8.44. The van der Waals surface area contributed by atoms with E-state index >= 15 is 0 Å². The lowest BCUT2D eigenvalue weighted by molar-refractivity contribution is 1.16. The van der Waals surface area contributed by atoms with Crippen molar-refractivity contribution in [2.24, 2.45) is 0 Å². The van der Waals surface area contributed by atoms with Crippen LogP contribution in [0.1, 0.15) is 25.0 Å². The van der Waals surface area contributed by atoms with Gasteiger partial charge in [-0.2, -0.15) is 0 Å². The van der Waals surface area contributed by atoms with Gasteiger partial charge in [-0.3, -0.25) is 0 Å². The highest BCUT2D eigenvalue weighted by atomic mass is 14.9. The number of nitrogens with one attached hydrogen (secondary N) is 1. The van der Waals surface area contributed by atoms with Crippen LogP contribution >= 0.6 is 0 Å². The van der Waals surface area contributed by atoms with Gasteiger partial charge in [0.1, 0.15) is 0 Å². The van der Waals surface area contributed by atoms with Crippen LogP contribution in [0.5, 0.6) is 0 Å². The van der Waals surface area contributed by atoms with E-state index in [0.717, 1.165) is 6.54 Å². The van der Waals surface area contributed by atoms with E-state index in [9.17, 15) is 0 Å². The third kappa shape index (κ3) is 1.24. The Morgan fingerprint density at radius 1 is 1.15 bits per heavy atom. The maximum atomic E-state index is 3.43. The van der Waals surface area contributed by atoms with E-state index in [-0.39, 0.29) is 0 Å². The van der Waals surface area contributed by atoms with Gasteiger partial charge in [-0.25, -0.2) is 0 Å². The van der Waals surface area contributed by atoms with Crippen molar-refractivity contribution in [1.29, 1.82) is 0 Å². The molecule has 0 saturated heterocycles. The average molecular weight is 173 g/mol. The van der Waals surface area contributed by atoms with Crippen molar-refractivity contribution >= 4 is 11.3 Å². The fraction of sp³-hybridized carbons (Fsp3) is 0.333. The predicted octanol–water partition coefficient (Wildman–Crippen LogP) is 3.21. The molecule has 1 heteroatoms. The lowest BCUT2D eigenvalue weighted by Gasteiger charge is -2.22. The Morgan fingerprint density at radius 3 is 2.69 bits per heavy atom. The smallest absolute Gasteiger partial charge is 0.0421 e. The summed E-state index contributed by atoms with van der Waals surface area (Å²) in [6.07, 6.45) is 0. The van der Waals surface area contributed by atoms with E-state index in [1.165, 1.54) is 28.0 Å². The minimum Gasteiger partial charge on any atom is -0.381 e. The number of allylic oxidation sites excluding steroid dienone is 1. The van der Waals surface area contributed by atoms with Crippen molar-refractivity contribution in [3.63, 3.8) is 0 Å². The summed E-state index contributed by atoms with van der Waals surface area (Å²) in [4.78, 5) is 0. The number of rotatable bonds is 0. The molecule has 1 aromatic rings. The Bertz CT molecular complexity index is 375. The molecular formula is C12H15N. The van der Waals surface area contributed by atoms with E-state index < -0.39 is 0 Å². The Morgan fingerprint density at radius 2 is 1.92 bits per heavy atom. The second-order valence-corrected chi connectivity index (χ2v) is 3.76. The van der Waals surface area contributed by atoms with Gasteiger partial charge in [0.05, 0.1) is 0 Å². The average Bonchev–Trinajstić information content (AvgIpc) is 2.12. The summed E-state index contributed by atoms with van der Waals surface area (Å²) in [6.45, 7) is 7.56. The van der Waals surface area contributed by atoms with Crippen LogP contribution in [0.25, 0.3) is 5.57 Å². The maximum absolute atomic E-state index is 3.43. The Balaban J connectivity index is 2.67. The highest BCUT2D eigenvalue weighted by molar-refractivity contribution is 5.82. The highest BCUT2D eigenvalue weighted by Crippen LogP contribution is 2.32. The van der Waals surface area contributed by atoms with E-state index in [1.54, 1.807) is 0 Å². The van der Waals surface area contributed by atoms with Crippen molar-refractivity contribution in [3.05, 3.63) is 34.9 Å². The molecule has 1 aliphatic heterocycles. The zero-order chi connectivity index (χ0) is 9.42. The SMILES string of the molecule is CC1=C(C)c2c(C)cccc2NC1. The van der Waals surface area contributed by atoms with Gasteiger partial charge in [0.2, 0.25) is 0 Å². The third-order valence-corrected chi connectivity index (χ3v) is 2.83. The van der Waals surface area contributed by atoms with Crippen molar-refractivity contribution in [2.75, 3.05) is 11.9 Å². The van der Waals surface area contributed by atoms with Gasteiger partial charge in [0.15, 0.2) is 0 Å². The number of fused-ring (bicyclic) bond motifs is 1. The lowest BCUT2D eigenvalue weighted by atomic mass is 9.93. The van der Waals surface area contributed by atoms with Gasteiger partial charge in [-0.05, 0) is 38.0 Å². The molecule has 0 amide bonds. The first-order valence-corrected chi connectivity index (χ1v) is 4.70. The first kappa shape index (κ1) is 8.36. The molecule has 2 rings (SSSR count). The van der Waals surface area contributed by atoms with Crippen LogP contribution in [0, 0.1) is 6.92 Å². The number of hydrogen-bond acceptors (Lipinski definition) is 1. The molecule has 0 radical (unpaired) electrons. The molecule has 68 valence electrons. The van der Waals surface area contributed by atoms with Crippen molar-refractivity contribution in [1.82, 2.24) is 0 Å². The Kier molecular flexibility index (Phi) is 1.87. The predicted molar refractivity (Wildman–Crippen MR) is 57.9 cm³/mol. The highest BCUT2D eigenvalue weighted by Gasteiger charge is 2.13. The van der Waals surface area contributed by atoms with Crippen LogP contribution in [0.4, 0.5) is 5.69 Å². The molecule has 1 aromatic carbocycles. The van der Waals surface area contributed by atoms with Gasteiger partial charge >= 0.3 is 0 Å². The van der Waals surface area contributed by atoms with Crippen molar-refractivity contribution in [3.8, 4) is 0 Å². The van der Waals surface area contributed by atoms with Crippen LogP contribution in [0.2, 0.25) is 0 Å². The summed E-state index contributed by atoms with van der Waals surface area (Å²) in [5, 5.41) is 3.43. The molecule has 0 aliphatic carbocycles. The van der Waals surface area contributed by atoms with E-state index in [2.05, 4.69) is 44.3 Å². The van der Waals surface area contributed by atoms with Crippen molar-refractivity contribution < 1.29 is 0 Å². The summed E-state index contributed by atoms with van der Waals surface area (Å²) < 4.78 is 0. The van der Waals surface area contributed by atoms with E-state index in [4.69, 9.17) is 0 Å². The van der Waals surface area contributed by atoms with Gasteiger partial charge in [-0.15, -0.1) is 0 Å². The van der Waals surface area contributed by atoms with Crippen LogP contribution in [-0.2, 0) is 0 Å². The summed E-state index contributed by atoms with van der Waals surface area (Å²) in [5.74, 6) is 0. The maximum Gasteiger partial charge on any atom is 0.0421 e. The first-order valence-electron chi connectivity index (χ1n) is 4.70. The zero-order valence-corrected chi connectivity index (χ0v) is 8.44. The molecule has 1 aliphatic rings. The molecule has 0 bridgehead atoms. The standard InChI is InChI=1S/C12H15N/c1-8-5-4-6-11-12(8)10(3)9(2)7-13-11/h4-6,13H,7H2,1-3H3. The number of aryl methyl sites for hydroxylation is 1. The molecule has 0 fully saturated rings. The van der Waals surface area contributed by atoms with Crippen LogP contribution in [-0.4, -0.2) is 6.54 Å². The summed E-state index contributed by atoms with van der Waals surface area (Å²) in [7, 11) is 0. The molecular weight excluding hydrogens is 158 g/mol. The summed E-state index contributed by atoms with van der Waals surface area (Å²) in [6, 6.07) is 6.43. The van der Waals surface area contributed by atoms with Gasteiger partial charge < -0.3 is 5.32 Å². The first-order chi connectivity index (χ1) is 6.20.